The van der Waals surface area contributed by atoms with Crippen LogP contribution in [-0.4, -0.2) is 52.2 Å². The van der Waals surface area contributed by atoms with Crippen molar-refractivity contribution in [1.82, 2.24) is 20.0 Å². The van der Waals surface area contributed by atoms with Crippen LogP contribution in [0.1, 0.15) is 53.6 Å². The summed E-state index contributed by atoms with van der Waals surface area (Å²) >= 11 is 0. The maximum absolute atomic E-state index is 12.8. The average Bonchev–Trinajstić information content (AvgIpc) is 3.44. The van der Waals surface area contributed by atoms with Crippen molar-refractivity contribution in [3.63, 3.8) is 0 Å². The lowest BCUT2D eigenvalue weighted by atomic mass is 10.0. The van der Waals surface area contributed by atoms with E-state index in [1.165, 1.54) is 0 Å². The minimum absolute atomic E-state index is 0.0528. The molecule has 1 aliphatic heterocycles. The van der Waals surface area contributed by atoms with Crippen molar-refractivity contribution in [2.45, 2.75) is 44.6 Å². The van der Waals surface area contributed by atoms with Gasteiger partial charge in [0.05, 0.1) is 17.9 Å². The van der Waals surface area contributed by atoms with Crippen molar-refractivity contribution in [3.05, 3.63) is 65.7 Å². The molecule has 0 spiro atoms. The largest absolute Gasteiger partial charge is 0.456 e. The van der Waals surface area contributed by atoms with Gasteiger partial charge in [-0.05, 0) is 56.9 Å². The van der Waals surface area contributed by atoms with Crippen molar-refractivity contribution < 1.29 is 14.0 Å². The quantitative estimate of drug-likeness (QED) is 0.579. The van der Waals surface area contributed by atoms with Gasteiger partial charge in [-0.25, -0.2) is 4.68 Å². The number of rotatable bonds is 7. The third kappa shape index (κ3) is 5.17. The molecule has 1 aliphatic carbocycles. The number of piperidine rings is 1. The van der Waals surface area contributed by atoms with Crippen LogP contribution in [-0.2, 0) is 4.79 Å². The molecule has 0 unspecified atom stereocenters. The van der Waals surface area contributed by atoms with Crippen LogP contribution in [0.5, 0.6) is 0 Å². The molecule has 2 N–H and O–H groups in total. The SMILES string of the molecule is Cc1ccc(C(=O)NC2CCN(CC(=O)Nc3cc(C4CC4)nn3-c3ccccc3)CC2)o1. The lowest BCUT2D eigenvalue weighted by Crippen LogP contribution is -2.46. The number of hydrogen-bond donors (Lipinski definition) is 2. The van der Waals surface area contributed by atoms with Crippen molar-refractivity contribution in [3.8, 4) is 5.69 Å². The van der Waals surface area contributed by atoms with E-state index in [1.54, 1.807) is 12.1 Å². The summed E-state index contributed by atoms with van der Waals surface area (Å²) in [6.45, 7) is 3.64. The first-order valence-corrected chi connectivity index (χ1v) is 11.6. The van der Waals surface area contributed by atoms with Gasteiger partial charge in [-0.15, -0.1) is 0 Å². The van der Waals surface area contributed by atoms with E-state index in [0.717, 1.165) is 55.9 Å². The lowest BCUT2D eigenvalue weighted by molar-refractivity contribution is -0.117. The molecule has 5 rings (SSSR count). The number of nitrogens with one attached hydrogen (secondary N) is 2. The topological polar surface area (TPSA) is 92.4 Å². The van der Waals surface area contributed by atoms with Gasteiger partial charge in [0.25, 0.3) is 5.91 Å². The second kappa shape index (κ2) is 9.23. The number of furan rings is 1. The highest BCUT2D eigenvalue weighted by Gasteiger charge is 2.28. The number of aryl methyl sites for hydroxylation is 1. The van der Waals surface area contributed by atoms with Crippen molar-refractivity contribution in [2.24, 2.45) is 0 Å². The van der Waals surface area contributed by atoms with Gasteiger partial charge in [0.15, 0.2) is 5.76 Å². The van der Waals surface area contributed by atoms with E-state index in [-0.39, 0.29) is 17.9 Å². The number of anilines is 1. The van der Waals surface area contributed by atoms with Crippen LogP contribution >= 0.6 is 0 Å². The number of para-hydroxylation sites is 1. The van der Waals surface area contributed by atoms with E-state index < -0.39 is 0 Å². The fraction of sp³-hybridized carbons (Fsp3) is 0.400. The highest BCUT2D eigenvalue weighted by atomic mass is 16.3. The Morgan fingerprint density at radius 2 is 1.82 bits per heavy atom. The molecule has 0 bridgehead atoms. The van der Waals surface area contributed by atoms with Crippen LogP contribution in [0.2, 0.25) is 0 Å². The number of hydrogen-bond acceptors (Lipinski definition) is 5. The minimum Gasteiger partial charge on any atom is -0.456 e. The number of carbonyl (C=O) groups excluding carboxylic acids is 2. The van der Waals surface area contributed by atoms with Gasteiger partial charge in [-0.2, -0.15) is 5.10 Å². The molecule has 0 atom stereocenters. The molecule has 1 saturated carbocycles. The fourth-order valence-electron chi connectivity index (χ4n) is 4.27. The standard InChI is InChI=1S/C25H29N5O3/c1-17-7-10-22(33-17)25(32)26-19-11-13-29(14-12-19)16-24(31)27-23-15-21(18-8-9-18)28-30(23)20-5-3-2-4-6-20/h2-7,10,15,18-19H,8-9,11-14,16H2,1H3,(H,26,32)(H,27,31). The fourth-order valence-corrected chi connectivity index (χ4v) is 4.27. The molecule has 2 aliphatic rings. The molecular weight excluding hydrogens is 418 g/mol. The second-order valence-electron chi connectivity index (χ2n) is 8.96. The Hall–Kier alpha value is -3.39. The summed E-state index contributed by atoms with van der Waals surface area (Å²) < 4.78 is 7.22. The number of benzene rings is 1. The van der Waals surface area contributed by atoms with Gasteiger partial charge in [0, 0.05) is 31.1 Å². The molecule has 2 aromatic heterocycles. The summed E-state index contributed by atoms with van der Waals surface area (Å²) in [6, 6.07) is 15.4. The minimum atomic E-state index is -0.181. The van der Waals surface area contributed by atoms with Crippen LogP contribution < -0.4 is 10.6 Å². The summed E-state index contributed by atoms with van der Waals surface area (Å²) in [4.78, 5) is 27.3. The highest BCUT2D eigenvalue weighted by molar-refractivity contribution is 5.92. The first-order valence-electron chi connectivity index (χ1n) is 11.6. The van der Waals surface area contributed by atoms with E-state index in [9.17, 15) is 9.59 Å². The zero-order valence-corrected chi connectivity index (χ0v) is 18.8. The monoisotopic (exact) mass is 447 g/mol. The van der Waals surface area contributed by atoms with E-state index in [4.69, 9.17) is 9.52 Å². The van der Waals surface area contributed by atoms with Gasteiger partial charge in [0.1, 0.15) is 11.6 Å². The number of amides is 2. The van der Waals surface area contributed by atoms with Gasteiger partial charge >= 0.3 is 0 Å². The van der Waals surface area contributed by atoms with E-state index in [1.807, 2.05) is 48.0 Å². The smallest absolute Gasteiger partial charge is 0.287 e. The zero-order chi connectivity index (χ0) is 22.8. The predicted molar refractivity (Wildman–Crippen MR) is 125 cm³/mol. The van der Waals surface area contributed by atoms with E-state index in [2.05, 4.69) is 15.5 Å². The number of likely N-dealkylation sites (tertiary alicyclic amines) is 1. The third-order valence-corrected chi connectivity index (χ3v) is 6.25. The molecule has 8 nitrogen and oxygen atoms in total. The molecule has 2 fully saturated rings. The van der Waals surface area contributed by atoms with Gasteiger partial charge in [0.2, 0.25) is 5.91 Å². The molecule has 2 amide bonds. The highest BCUT2D eigenvalue weighted by Crippen LogP contribution is 2.40. The van der Waals surface area contributed by atoms with Crippen molar-refractivity contribution in [2.75, 3.05) is 25.0 Å². The maximum atomic E-state index is 12.8. The maximum Gasteiger partial charge on any atom is 0.287 e. The van der Waals surface area contributed by atoms with Crippen LogP contribution in [0.25, 0.3) is 5.69 Å². The van der Waals surface area contributed by atoms with E-state index >= 15 is 0 Å². The molecule has 8 heteroatoms. The van der Waals surface area contributed by atoms with Crippen LogP contribution in [0, 0.1) is 6.92 Å². The Labute approximate surface area is 192 Å². The Morgan fingerprint density at radius 3 is 2.48 bits per heavy atom. The predicted octanol–water partition coefficient (Wildman–Crippen LogP) is 3.48. The Morgan fingerprint density at radius 1 is 1.06 bits per heavy atom. The first kappa shape index (κ1) is 21.5. The van der Waals surface area contributed by atoms with Crippen molar-refractivity contribution >= 4 is 17.6 Å². The summed E-state index contributed by atoms with van der Waals surface area (Å²) in [5.41, 5.74) is 1.97. The molecular formula is C25H29N5O3. The number of nitrogens with zero attached hydrogens (tertiary/aromatic N) is 3. The first-order chi connectivity index (χ1) is 16.0. The number of carbonyl (C=O) groups is 2. The Bertz CT molecular complexity index is 1120. The number of aromatic nitrogens is 2. The molecule has 172 valence electrons. The van der Waals surface area contributed by atoms with E-state index in [0.29, 0.717) is 24.0 Å². The Kier molecular flexibility index (Phi) is 6.00. The van der Waals surface area contributed by atoms with Crippen LogP contribution in [0.3, 0.4) is 0 Å². The lowest BCUT2D eigenvalue weighted by Gasteiger charge is -2.31. The normalized spacial score (nSPS) is 17.1. The molecule has 3 aromatic rings. The average molecular weight is 448 g/mol. The Balaban J connectivity index is 1.15. The summed E-state index contributed by atoms with van der Waals surface area (Å²) in [5, 5.41) is 10.8. The van der Waals surface area contributed by atoms with Crippen LogP contribution in [0.15, 0.2) is 52.9 Å². The molecule has 3 heterocycles. The molecule has 1 saturated heterocycles. The summed E-state index contributed by atoms with van der Waals surface area (Å²) in [7, 11) is 0. The molecule has 33 heavy (non-hydrogen) atoms. The van der Waals surface area contributed by atoms with Gasteiger partial charge in [-0.1, -0.05) is 18.2 Å². The van der Waals surface area contributed by atoms with Gasteiger partial charge in [-0.3, -0.25) is 14.5 Å². The van der Waals surface area contributed by atoms with Crippen LogP contribution in [0.4, 0.5) is 5.82 Å². The summed E-state index contributed by atoms with van der Waals surface area (Å²) in [5.74, 6) is 2.05. The zero-order valence-electron chi connectivity index (χ0n) is 18.8. The molecule has 1 aromatic carbocycles. The van der Waals surface area contributed by atoms with Crippen molar-refractivity contribution in [1.29, 1.82) is 0 Å². The molecule has 0 radical (unpaired) electrons. The second-order valence-corrected chi connectivity index (χ2v) is 8.96. The summed E-state index contributed by atoms with van der Waals surface area (Å²) in [6.07, 6.45) is 3.91. The van der Waals surface area contributed by atoms with Gasteiger partial charge < -0.3 is 15.1 Å². The third-order valence-electron chi connectivity index (χ3n) is 6.25.